The van der Waals surface area contributed by atoms with Crippen molar-refractivity contribution in [2.24, 2.45) is 0 Å². The molecule has 0 aliphatic heterocycles. The zero-order valence-electron chi connectivity index (χ0n) is 11.6. The van der Waals surface area contributed by atoms with Crippen molar-refractivity contribution >= 4 is 5.78 Å². The number of Topliss-reactive ketones (excluding diaryl/α,β-unsaturated/α-hetero) is 1. The fraction of sp³-hybridized carbons (Fsp3) is 0.571. The molecule has 4 nitrogen and oxygen atoms in total. The smallest absolute Gasteiger partial charge is 0.166 e. The molecule has 18 heavy (non-hydrogen) atoms. The topological polar surface area (TPSA) is 51.2 Å². The zero-order chi connectivity index (χ0) is 13.5. The predicted octanol–water partition coefficient (Wildman–Crippen LogP) is 2.44. The summed E-state index contributed by atoms with van der Waals surface area (Å²) in [5, 5.41) is 3.22. The summed E-state index contributed by atoms with van der Waals surface area (Å²) in [6.45, 7) is 8.79. The summed E-state index contributed by atoms with van der Waals surface area (Å²) in [5.74, 6) is 0.733. The van der Waals surface area contributed by atoms with Crippen molar-refractivity contribution in [1.82, 2.24) is 10.3 Å². The number of hydrogen-bond donors (Lipinski definition) is 1. The van der Waals surface area contributed by atoms with E-state index in [1.54, 1.807) is 18.5 Å². The van der Waals surface area contributed by atoms with Crippen LogP contribution in [-0.4, -0.2) is 29.5 Å². The normalized spacial score (nSPS) is 12.5. The lowest BCUT2D eigenvalue weighted by Crippen LogP contribution is -2.28. The van der Waals surface area contributed by atoms with Crippen LogP contribution in [0, 0.1) is 0 Å². The van der Waals surface area contributed by atoms with Crippen LogP contribution in [0.1, 0.15) is 44.5 Å². The number of ether oxygens (including phenoxy) is 1. The number of pyridine rings is 1. The average molecular weight is 250 g/mol. The predicted molar refractivity (Wildman–Crippen MR) is 72.1 cm³/mol. The Kier molecular flexibility index (Phi) is 5.78. The van der Waals surface area contributed by atoms with Gasteiger partial charge in [0.2, 0.25) is 0 Å². The van der Waals surface area contributed by atoms with Crippen LogP contribution in [0.2, 0.25) is 0 Å². The number of ketones is 1. The van der Waals surface area contributed by atoms with E-state index in [0.717, 1.165) is 6.54 Å². The van der Waals surface area contributed by atoms with Gasteiger partial charge >= 0.3 is 0 Å². The molecular formula is C14H22N2O2. The molecule has 1 heterocycles. The molecule has 0 saturated heterocycles. The van der Waals surface area contributed by atoms with Crippen molar-refractivity contribution in [3.05, 3.63) is 24.0 Å². The van der Waals surface area contributed by atoms with E-state index in [1.165, 1.54) is 0 Å². The summed E-state index contributed by atoms with van der Waals surface area (Å²) in [6.07, 6.45) is 3.78. The third-order valence-electron chi connectivity index (χ3n) is 2.45. The Balaban J connectivity index is 2.68. The molecule has 4 heteroatoms. The van der Waals surface area contributed by atoms with Gasteiger partial charge < -0.3 is 10.1 Å². The van der Waals surface area contributed by atoms with E-state index >= 15 is 0 Å². The largest absolute Gasteiger partial charge is 0.489 e. The number of hydrogen-bond acceptors (Lipinski definition) is 4. The molecule has 0 aliphatic carbocycles. The highest BCUT2D eigenvalue weighted by Gasteiger charge is 2.12. The summed E-state index contributed by atoms with van der Waals surface area (Å²) in [6, 6.07) is 1.94. The Morgan fingerprint density at radius 3 is 2.72 bits per heavy atom. The number of nitrogens with one attached hydrogen (secondary N) is 1. The number of rotatable bonds is 7. The molecule has 0 aromatic carbocycles. The SMILES string of the molecule is CCNC(C)CC(=O)c1cncc(OC(C)C)c1. The van der Waals surface area contributed by atoms with Gasteiger partial charge in [0, 0.05) is 24.2 Å². The summed E-state index contributed by atoms with van der Waals surface area (Å²) >= 11 is 0. The van der Waals surface area contributed by atoms with Gasteiger partial charge in [0.25, 0.3) is 0 Å². The molecule has 1 rings (SSSR count). The average Bonchev–Trinajstić information content (AvgIpc) is 2.28. The third-order valence-corrected chi connectivity index (χ3v) is 2.45. The van der Waals surface area contributed by atoms with Crippen LogP contribution in [0.15, 0.2) is 18.5 Å². The lowest BCUT2D eigenvalue weighted by atomic mass is 10.1. The molecule has 0 saturated carbocycles. The van der Waals surface area contributed by atoms with Gasteiger partial charge in [-0.25, -0.2) is 0 Å². The Labute approximate surface area is 109 Å². The minimum atomic E-state index is 0.0813. The Hall–Kier alpha value is -1.42. The summed E-state index contributed by atoms with van der Waals surface area (Å²) in [4.78, 5) is 16.1. The second kappa shape index (κ2) is 7.11. The van der Waals surface area contributed by atoms with Crippen molar-refractivity contribution in [2.45, 2.75) is 46.3 Å². The number of carbonyl (C=O) groups excluding carboxylic acids is 1. The highest BCUT2D eigenvalue weighted by atomic mass is 16.5. The van der Waals surface area contributed by atoms with Crippen molar-refractivity contribution in [3.63, 3.8) is 0 Å². The van der Waals surface area contributed by atoms with E-state index in [-0.39, 0.29) is 17.9 Å². The van der Waals surface area contributed by atoms with Gasteiger partial charge in [0.15, 0.2) is 5.78 Å². The molecule has 1 aromatic heterocycles. The van der Waals surface area contributed by atoms with E-state index in [4.69, 9.17) is 4.74 Å². The molecule has 0 bridgehead atoms. The molecule has 0 spiro atoms. The molecular weight excluding hydrogens is 228 g/mol. The van der Waals surface area contributed by atoms with Crippen LogP contribution < -0.4 is 10.1 Å². The number of aromatic nitrogens is 1. The van der Waals surface area contributed by atoms with E-state index in [0.29, 0.717) is 17.7 Å². The van der Waals surface area contributed by atoms with Crippen molar-refractivity contribution in [2.75, 3.05) is 6.54 Å². The highest BCUT2D eigenvalue weighted by Crippen LogP contribution is 2.14. The molecule has 0 radical (unpaired) electrons. The van der Waals surface area contributed by atoms with Crippen molar-refractivity contribution in [3.8, 4) is 5.75 Å². The maximum absolute atomic E-state index is 12.0. The van der Waals surface area contributed by atoms with Gasteiger partial charge in [-0.2, -0.15) is 0 Å². The first kappa shape index (κ1) is 14.6. The quantitative estimate of drug-likeness (QED) is 0.755. The van der Waals surface area contributed by atoms with Gasteiger partial charge in [0.05, 0.1) is 12.3 Å². The van der Waals surface area contributed by atoms with E-state index in [1.807, 2.05) is 27.7 Å². The first-order valence-electron chi connectivity index (χ1n) is 6.41. The van der Waals surface area contributed by atoms with E-state index in [2.05, 4.69) is 10.3 Å². The maximum Gasteiger partial charge on any atom is 0.166 e. The van der Waals surface area contributed by atoms with Gasteiger partial charge in [-0.15, -0.1) is 0 Å². The van der Waals surface area contributed by atoms with Gasteiger partial charge in [-0.05, 0) is 33.4 Å². The second-order valence-electron chi connectivity index (χ2n) is 4.66. The van der Waals surface area contributed by atoms with E-state index in [9.17, 15) is 4.79 Å². The van der Waals surface area contributed by atoms with Gasteiger partial charge in [0.1, 0.15) is 5.75 Å². The lowest BCUT2D eigenvalue weighted by molar-refractivity contribution is 0.0970. The van der Waals surface area contributed by atoms with Crippen molar-refractivity contribution in [1.29, 1.82) is 0 Å². The fourth-order valence-electron chi connectivity index (χ4n) is 1.72. The summed E-state index contributed by atoms with van der Waals surface area (Å²) in [5.41, 5.74) is 0.609. The van der Waals surface area contributed by atoms with Gasteiger partial charge in [-0.1, -0.05) is 6.92 Å². The fourth-order valence-corrected chi connectivity index (χ4v) is 1.72. The third kappa shape index (κ3) is 4.84. The zero-order valence-corrected chi connectivity index (χ0v) is 11.6. The molecule has 0 amide bonds. The molecule has 100 valence electrons. The van der Waals surface area contributed by atoms with Crippen LogP contribution in [-0.2, 0) is 0 Å². The molecule has 1 N–H and O–H groups in total. The Morgan fingerprint density at radius 2 is 2.11 bits per heavy atom. The monoisotopic (exact) mass is 250 g/mol. The van der Waals surface area contributed by atoms with Crippen LogP contribution in [0.3, 0.4) is 0 Å². The lowest BCUT2D eigenvalue weighted by Gasteiger charge is -2.12. The Morgan fingerprint density at radius 1 is 1.39 bits per heavy atom. The first-order valence-corrected chi connectivity index (χ1v) is 6.41. The van der Waals surface area contributed by atoms with Crippen LogP contribution in [0.5, 0.6) is 5.75 Å². The van der Waals surface area contributed by atoms with Gasteiger partial charge in [-0.3, -0.25) is 9.78 Å². The van der Waals surface area contributed by atoms with Crippen LogP contribution >= 0.6 is 0 Å². The molecule has 1 atom stereocenters. The standard InChI is InChI=1S/C14H22N2O2/c1-5-16-11(4)6-14(17)12-7-13(9-15-8-12)18-10(2)3/h7-11,16H,5-6H2,1-4H3. The molecule has 1 aromatic rings. The second-order valence-corrected chi connectivity index (χ2v) is 4.66. The van der Waals surface area contributed by atoms with Crippen LogP contribution in [0.4, 0.5) is 0 Å². The van der Waals surface area contributed by atoms with Crippen molar-refractivity contribution < 1.29 is 9.53 Å². The first-order chi connectivity index (χ1) is 8.52. The maximum atomic E-state index is 12.0. The molecule has 0 fully saturated rings. The number of carbonyl (C=O) groups is 1. The minimum absolute atomic E-state index is 0.0813. The minimum Gasteiger partial charge on any atom is -0.489 e. The highest BCUT2D eigenvalue weighted by molar-refractivity contribution is 5.96. The van der Waals surface area contributed by atoms with Crippen LogP contribution in [0.25, 0.3) is 0 Å². The Bertz CT molecular complexity index is 391. The summed E-state index contributed by atoms with van der Waals surface area (Å²) in [7, 11) is 0. The van der Waals surface area contributed by atoms with E-state index < -0.39 is 0 Å². The molecule has 0 aliphatic rings. The number of nitrogens with zero attached hydrogens (tertiary/aromatic N) is 1. The molecule has 1 unspecified atom stereocenters. The summed E-state index contributed by atoms with van der Waals surface area (Å²) < 4.78 is 5.53.